The molecule has 0 unspecified atom stereocenters. The van der Waals surface area contributed by atoms with Gasteiger partial charge in [-0.25, -0.2) is 15.0 Å². The summed E-state index contributed by atoms with van der Waals surface area (Å²) < 4.78 is 12.2. The van der Waals surface area contributed by atoms with Crippen molar-refractivity contribution < 1.29 is 14.3 Å². The van der Waals surface area contributed by atoms with E-state index in [1.807, 2.05) is 0 Å². The topological polar surface area (TPSA) is 93.3 Å². The summed E-state index contributed by atoms with van der Waals surface area (Å²) in [6.07, 6.45) is 2.97. The molecule has 0 saturated carbocycles. The fraction of sp³-hybridized carbons (Fsp3) is 0.550. The Balaban J connectivity index is 1.96. The molecule has 27 heavy (non-hydrogen) atoms. The molecule has 7 nitrogen and oxygen atoms in total. The van der Waals surface area contributed by atoms with Crippen LogP contribution in [0.15, 0.2) is 10.7 Å². The first kappa shape index (κ1) is 18.1. The van der Waals surface area contributed by atoms with E-state index < -0.39 is 0 Å². The maximum Gasteiger partial charge on any atom is 0.229 e. The monoisotopic (exact) mass is 370 g/mol. The molecule has 4 rings (SSSR count). The van der Waals surface area contributed by atoms with Gasteiger partial charge in [0, 0.05) is 25.1 Å². The second-order valence-corrected chi connectivity index (χ2v) is 8.02. The summed E-state index contributed by atoms with van der Waals surface area (Å²) in [6.45, 7) is 9.79. The molecule has 0 fully saturated rings. The van der Waals surface area contributed by atoms with Crippen LogP contribution in [0.5, 0.6) is 0 Å². The molecule has 3 aromatic rings. The van der Waals surface area contributed by atoms with E-state index >= 15 is 0 Å². The van der Waals surface area contributed by atoms with Crippen molar-refractivity contribution in [3.63, 3.8) is 0 Å². The molecule has 0 bridgehead atoms. The molecule has 1 aliphatic heterocycles. The summed E-state index contributed by atoms with van der Waals surface area (Å²) in [5.41, 5.74) is 5.17. The van der Waals surface area contributed by atoms with E-state index in [2.05, 4.69) is 43.0 Å². The van der Waals surface area contributed by atoms with Gasteiger partial charge < -0.3 is 19.6 Å². The Labute approximate surface area is 158 Å². The van der Waals surface area contributed by atoms with Crippen LogP contribution in [0, 0.1) is 0 Å². The number of furan rings is 1. The van der Waals surface area contributed by atoms with Crippen LogP contribution >= 0.6 is 0 Å². The van der Waals surface area contributed by atoms with Crippen LogP contribution in [-0.4, -0.2) is 38.8 Å². The normalized spacial score (nSPS) is 16.2. The Kier molecular flexibility index (Phi) is 4.52. The van der Waals surface area contributed by atoms with Gasteiger partial charge in [0.1, 0.15) is 11.8 Å². The van der Waals surface area contributed by atoms with Crippen molar-refractivity contribution in [3.8, 4) is 0 Å². The number of pyridine rings is 1. The molecule has 0 spiro atoms. The number of aromatic nitrogens is 3. The van der Waals surface area contributed by atoms with Crippen LogP contribution in [0.25, 0.3) is 22.2 Å². The standard InChI is InChI=1S/C20H26N4O3/c1-11(2)15-13-9-26-20(3,4)8-12(13)14-16-17(27-19(14)24-15)18(23-10-22-16)21-6-5-7-25/h10-11,25H,5-9H2,1-4H3,(H,21,22,23). The fourth-order valence-electron chi connectivity index (χ4n) is 3.72. The van der Waals surface area contributed by atoms with E-state index in [0.29, 0.717) is 36.7 Å². The lowest BCUT2D eigenvalue weighted by Gasteiger charge is -2.33. The zero-order valence-corrected chi connectivity index (χ0v) is 16.3. The molecular weight excluding hydrogens is 344 g/mol. The number of hydrogen-bond acceptors (Lipinski definition) is 7. The first-order valence-electron chi connectivity index (χ1n) is 9.49. The molecule has 3 aromatic heterocycles. The van der Waals surface area contributed by atoms with Gasteiger partial charge in [-0.3, -0.25) is 0 Å². The molecule has 7 heteroatoms. The van der Waals surface area contributed by atoms with Crippen LogP contribution < -0.4 is 5.32 Å². The third kappa shape index (κ3) is 3.15. The molecule has 1 aliphatic rings. The van der Waals surface area contributed by atoms with Gasteiger partial charge in [0.25, 0.3) is 0 Å². The van der Waals surface area contributed by atoms with Crippen molar-refractivity contribution in [1.82, 2.24) is 15.0 Å². The lowest BCUT2D eigenvalue weighted by molar-refractivity contribution is -0.0402. The molecule has 144 valence electrons. The molecule has 0 radical (unpaired) electrons. The van der Waals surface area contributed by atoms with Gasteiger partial charge in [-0.1, -0.05) is 13.8 Å². The summed E-state index contributed by atoms with van der Waals surface area (Å²) in [5, 5.41) is 13.2. The largest absolute Gasteiger partial charge is 0.432 e. The van der Waals surface area contributed by atoms with Crippen molar-refractivity contribution in [1.29, 1.82) is 0 Å². The number of anilines is 1. The molecule has 0 saturated heterocycles. The zero-order valence-electron chi connectivity index (χ0n) is 16.3. The molecule has 0 amide bonds. The molecule has 0 atom stereocenters. The van der Waals surface area contributed by atoms with Crippen LogP contribution in [-0.2, 0) is 17.8 Å². The van der Waals surface area contributed by atoms with Gasteiger partial charge in [0.2, 0.25) is 5.71 Å². The summed E-state index contributed by atoms with van der Waals surface area (Å²) in [7, 11) is 0. The van der Waals surface area contributed by atoms with Gasteiger partial charge in [-0.2, -0.15) is 0 Å². The lowest BCUT2D eigenvalue weighted by atomic mass is 9.87. The maximum atomic E-state index is 9.02. The van der Waals surface area contributed by atoms with Crippen molar-refractivity contribution in [2.75, 3.05) is 18.5 Å². The van der Waals surface area contributed by atoms with Crippen molar-refractivity contribution in [3.05, 3.63) is 23.1 Å². The SMILES string of the molecule is CC(C)c1nc2oc3c(NCCCO)ncnc3c2c2c1COC(C)(C)C2. The predicted molar refractivity (Wildman–Crippen MR) is 104 cm³/mol. The molecule has 2 N–H and O–H groups in total. The molecule has 0 aliphatic carbocycles. The van der Waals surface area contributed by atoms with Gasteiger partial charge in [-0.15, -0.1) is 0 Å². The van der Waals surface area contributed by atoms with E-state index in [1.165, 1.54) is 5.56 Å². The highest BCUT2D eigenvalue weighted by Gasteiger charge is 2.32. The van der Waals surface area contributed by atoms with Gasteiger partial charge >= 0.3 is 0 Å². The van der Waals surface area contributed by atoms with E-state index in [4.69, 9.17) is 19.2 Å². The van der Waals surface area contributed by atoms with Crippen molar-refractivity contribution >= 4 is 28.0 Å². The van der Waals surface area contributed by atoms with Crippen molar-refractivity contribution in [2.24, 2.45) is 0 Å². The summed E-state index contributed by atoms with van der Waals surface area (Å²) in [6, 6.07) is 0. The highest BCUT2D eigenvalue weighted by atomic mass is 16.5. The third-order valence-electron chi connectivity index (χ3n) is 5.03. The number of aliphatic hydroxyl groups is 1. The number of hydrogen-bond donors (Lipinski definition) is 2. The van der Waals surface area contributed by atoms with Gasteiger partial charge in [0.15, 0.2) is 11.4 Å². The number of nitrogens with one attached hydrogen (secondary N) is 1. The highest BCUT2D eigenvalue weighted by Crippen LogP contribution is 2.40. The van der Waals surface area contributed by atoms with Gasteiger partial charge in [0.05, 0.1) is 23.3 Å². The first-order valence-corrected chi connectivity index (χ1v) is 9.49. The average molecular weight is 370 g/mol. The number of rotatable bonds is 5. The van der Waals surface area contributed by atoms with E-state index in [0.717, 1.165) is 28.6 Å². The molecule has 0 aromatic carbocycles. The third-order valence-corrected chi connectivity index (χ3v) is 5.03. The minimum atomic E-state index is -0.242. The number of nitrogens with zero attached hydrogens (tertiary/aromatic N) is 3. The van der Waals surface area contributed by atoms with Crippen LogP contribution in [0.4, 0.5) is 5.82 Å². The quantitative estimate of drug-likeness (QED) is 0.664. The van der Waals surface area contributed by atoms with E-state index in [9.17, 15) is 0 Å². The molecule has 4 heterocycles. The summed E-state index contributed by atoms with van der Waals surface area (Å²) in [4.78, 5) is 13.7. The summed E-state index contributed by atoms with van der Waals surface area (Å²) in [5.74, 6) is 0.909. The second kappa shape index (κ2) is 6.73. The maximum absolute atomic E-state index is 9.02. The molecular formula is C20H26N4O3. The highest BCUT2D eigenvalue weighted by molar-refractivity contribution is 6.06. The Bertz CT molecular complexity index is 994. The first-order chi connectivity index (χ1) is 12.9. The summed E-state index contributed by atoms with van der Waals surface area (Å²) >= 11 is 0. The number of fused-ring (bicyclic) bond motifs is 5. The minimum absolute atomic E-state index is 0.128. The van der Waals surface area contributed by atoms with E-state index in [-0.39, 0.29) is 18.1 Å². The van der Waals surface area contributed by atoms with Crippen LogP contribution in [0.3, 0.4) is 0 Å². The Hall–Kier alpha value is -2.25. The second-order valence-electron chi connectivity index (χ2n) is 8.02. The number of aliphatic hydroxyl groups excluding tert-OH is 1. The lowest BCUT2D eigenvalue weighted by Crippen LogP contribution is -2.33. The van der Waals surface area contributed by atoms with Crippen molar-refractivity contribution in [2.45, 2.75) is 58.7 Å². The van der Waals surface area contributed by atoms with Gasteiger partial charge in [-0.05, 0) is 31.7 Å². The fourth-order valence-corrected chi connectivity index (χ4v) is 3.72. The Morgan fingerprint density at radius 3 is 2.81 bits per heavy atom. The Morgan fingerprint density at radius 1 is 1.26 bits per heavy atom. The zero-order chi connectivity index (χ0) is 19.2. The smallest absolute Gasteiger partial charge is 0.229 e. The predicted octanol–water partition coefficient (Wildman–Crippen LogP) is 3.54. The average Bonchev–Trinajstić information content (AvgIpc) is 3.00. The minimum Gasteiger partial charge on any atom is -0.432 e. The number of ether oxygens (including phenoxy) is 1. The van der Waals surface area contributed by atoms with Crippen LogP contribution in [0.2, 0.25) is 0 Å². The van der Waals surface area contributed by atoms with Crippen LogP contribution in [0.1, 0.15) is 56.9 Å². The van der Waals surface area contributed by atoms with E-state index in [1.54, 1.807) is 6.33 Å². The Morgan fingerprint density at radius 2 is 2.07 bits per heavy atom.